The lowest BCUT2D eigenvalue weighted by Crippen LogP contribution is -2.03. The molecule has 0 saturated heterocycles. The van der Waals surface area contributed by atoms with Crippen molar-refractivity contribution in [3.63, 3.8) is 0 Å². The Kier molecular flexibility index (Phi) is 4.42. The Balaban J connectivity index is 1.61. The summed E-state index contributed by atoms with van der Waals surface area (Å²) in [6.45, 7) is 0. The van der Waals surface area contributed by atoms with Crippen LogP contribution in [0.1, 0.15) is 11.1 Å². The van der Waals surface area contributed by atoms with Crippen LogP contribution in [0.4, 0.5) is 26.3 Å². The first-order valence-electron chi connectivity index (χ1n) is 7.74. The fourth-order valence-electron chi connectivity index (χ4n) is 2.49. The maximum absolute atomic E-state index is 12.7. The zero-order chi connectivity index (χ0) is 20.1. The molecule has 0 saturated carbocycles. The number of benzene rings is 2. The summed E-state index contributed by atoms with van der Waals surface area (Å²) in [5, 5.41) is 1.06. The van der Waals surface area contributed by atoms with Crippen LogP contribution in [0.2, 0.25) is 0 Å². The summed E-state index contributed by atoms with van der Waals surface area (Å²) in [5.74, 6) is 0. The van der Waals surface area contributed by atoms with E-state index in [2.05, 4.69) is 9.97 Å². The van der Waals surface area contributed by atoms with Gasteiger partial charge in [-0.05, 0) is 24.3 Å². The Labute approximate surface area is 162 Å². The highest BCUT2D eigenvalue weighted by atomic mass is 32.1. The van der Waals surface area contributed by atoms with Gasteiger partial charge in [0.15, 0.2) is 9.66 Å². The molecular weight excluding hydrogens is 422 g/mol. The number of aromatic nitrogens is 2. The molecule has 0 atom stereocenters. The van der Waals surface area contributed by atoms with Gasteiger partial charge in [-0.15, -0.1) is 0 Å². The molecule has 2 nitrogen and oxygen atoms in total. The number of halogens is 6. The fourth-order valence-corrected chi connectivity index (χ4v) is 4.55. The molecule has 0 fully saturated rings. The SMILES string of the molecule is FC(F)(F)c1ccc(-c2nc3sc(-c4ccc(C(F)(F)F)cc4)nc3s2)cc1. The van der Waals surface area contributed by atoms with Gasteiger partial charge in [-0.1, -0.05) is 46.9 Å². The highest BCUT2D eigenvalue weighted by molar-refractivity contribution is 7.29. The van der Waals surface area contributed by atoms with Crippen molar-refractivity contribution < 1.29 is 26.3 Å². The van der Waals surface area contributed by atoms with Crippen LogP contribution in [-0.2, 0) is 12.4 Å². The van der Waals surface area contributed by atoms with Crippen LogP contribution in [-0.4, -0.2) is 9.97 Å². The van der Waals surface area contributed by atoms with Crippen molar-refractivity contribution in [1.29, 1.82) is 0 Å². The maximum atomic E-state index is 12.7. The van der Waals surface area contributed by atoms with E-state index in [0.29, 0.717) is 30.8 Å². The van der Waals surface area contributed by atoms with E-state index in [-0.39, 0.29) is 0 Å². The monoisotopic (exact) mass is 430 g/mol. The minimum absolute atomic E-state index is 0.529. The molecule has 0 aliphatic heterocycles. The molecule has 0 bridgehead atoms. The average Bonchev–Trinajstić information content (AvgIpc) is 3.19. The van der Waals surface area contributed by atoms with Gasteiger partial charge in [0, 0.05) is 11.1 Å². The lowest BCUT2D eigenvalue weighted by molar-refractivity contribution is -0.138. The standard InChI is InChI=1S/C18H8F6N2S2/c19-17(20,21)11-5-1-9(2-6-11)13-25-15-16(27-13)26-14(28-15)10-3-7-12(8-4-10)18(22,23)24/h1-8H. The minimum atomic E-state index is -4.40. The first kappa shape index (κ1) is 18.9. The molecule has 0 spiro atoms. The first-order valence-corrected chi connectivity index (χ1v) is 9.37. The van der Waals surface area contributed by atoms with Crippen LogP contribution in [0.25, 0.3) is 30.8 Å². The van der Waals surface area contributed by atoms with Gasteiger partial charge in [-0.3, -0.25) is 0 Å². The Hall–Kier alpha value is -2.46. The van der Waals surface area contributed by atoms with Gasteiger partial charge < -0.3 is 0 Å². The van der Waals surface area contributed by atoms with Gasteiger partial charge in [0.1, 0.15) is 10.0 Å². The number of fused-ring (bicyclic) bond motifs is 1. The molecule has 144 valence electrons. The van der Waals surface area contributed by atoms with Crippen molar-refractivity contribution in [1.82, 2.24) is 9.97 Å². The lowest BCUT2D eigenvalue weighted by atomic mass is 10.1. The second-order valence-corrected chi connectivity index (χ2v) is 7.75. The fraction of sp³-hybridized carbons (Fsp3) is 0.111. The highest BCUT2D eigenvalue weighted by Crippen LogP contribution is 2.38. The van der Waals surface area contributed by atoms with Crippen molar-refractivity contribution >= 4 is 32.3 Å². The zero-order valence-corrected chi connectivity index (χ0v) is 15.2. The van der Waals surface area contributed by atoms with E-state index in [1.807, 2.05) is 0 Å². The normalized spacial score (nSPS) is 12.6. The average molecular weight is 430 g/mol. The molecule has 2 aromatic carbocycles. The summed E-state index contributed by atoms with van der Waals surface area (Å²) >= 11 is 2.43. The second kappa shape index (κ2) is 6.56. The van der Waals surface area contributed by atoms with E-state index in [1.54, 1.807) is 0 Å². The predicted molar refractivity (Wildman–Crippen MR) is 96.2 cm³/mol. The quantitative estimate of drug-likeness (QED) is 0.316. The zero-order valence-electron chi connectivity index (χ0n) is 13.6. The second-order valence-electron chi connectivity index (χ2n) is 5.80. The molecule has 0 aliphatic rings. The van der Waals surface area contributed by atoms with E-state index in [4.69, 9.17) is 0 Å². The first-order chi connectivity index (χ1) is 13.1. The maximum Gasteiger partial charge on any atom is 0.416 e. The van der Waals surface area contributed by atoms with Gasteiger partial charge in [0.25, 0.3) is 0 Å². The van der Waals surface area contributed by atoms with Crippen molar-refractivity contribution in [3.8, 4) is 21.1 Å². The molecule has 0 aliphatic carbocycles. The van der Waals surface area contributed by atoms with Crippen molar-refractivity contribution in [2.45, 2.75) is 12.4 Å². The molecule has 2 aromatic heterocycles. The Morgan fingerprint density at radius 3 is 1.14 bits per heavy atom. The highest BCUT2D eigenvalue weighted by Gasteiger charge is 2.31. The van der Waals surface area contributed by atoms with Gasteiger partial charge in [0.05, 0.1) is 11.1 Å². The third-order valence-electron chi connectivity index (χ3n) is 3.89. The number of thiazole rings is 2. The summed E-state index contributed by atoms with van der Waals surface area (Å²) in [4.78, 5) is 9.94. The van der Waals surface area contributed by atoms with E-state index in [9.17, 15) is 26.3 Å². The Bertz CT molecular complexity index is 1000. The van der Waals surface area contributed by atoms with Crippen LogP contribution >= 0.6 is 22.7 Å². The largest absolute Gasteiger partial charge is 0.416 e. The number of hydrogen-bond acceptors (Lipinski definition) is 4. The van der Waals surface area contributed by atoms with Crippen LogP contribution in [0.3, 0.4) is 0 Å². The van der Waals surface area contributed by atoms with Crippen LogP contribution in [0.5, 0.6) is 0 Å². The number of rotatable bonds is 2. The summed E-state index contributed by atoms with van der Waals surface area (Å²) in [5.41, 5.74) is -0.395. The van der Waals surface area contributed by atoms with Crippen LogP contribution in [0, 0.1) is 0 Å². The van der Waals surface area contributed by atoms with Gasteiger partial charge in [-0.2, -0.15) is 26.3 Å². The third kappa shape index (κ3) is 3.61. The summed E-state index contributed by atoms with van der Waals surface area (Å²) < 4.78 is 75.9. The molecule has 28 heavy (non-hydrogen) atoms. The number of alkyl halides is 6. The molecule has 4 aromatic rings. The van der Waals surface area contributed by atoms with Crippen LogP contribution < -0.4 is 0 Å². The van der Waals surface area contributed by atoms with Gasteiger partial charge in [0.2, 0.25) is 0 Å². The smallest absolute Gasteiger partial charge is 0.223 e. The van der Waals surface area contributed by atoms with E-state index in [1.165, 1.54) is 46.9 Å². The van der Waals surface area contributed by atoms with E-state index >= 15 is 0 Å². The predicted octanol–water partition coefficient (Wildman–Crippen LogP) is 7.12. The van der Waals surface area contributed by atoms with Gasteiger partial charge in [-0.25, -0.2) is 9.97 Å². The summed E-state index contributed by atoms with van der Waals surface area (Å²) in [6, 6.07) is 9.36. The summed E-state index contributed by atoms with van der Waals surface area (Å²) in [7, 11) is 0. The molecule has 0 radical (unpaired) electrons. The number of nitrogens with zero attached hydrogens (tertiary/aromatic N) is 2. The third-order valence-corrected chi connectivity index (χ3v) is 6.02. The molecular formula is C18H8F6N2S2. The topological polar surface area (TPSA) is 25.8 Å². The van der Waals surface area contributed by atoms with Crippen LogP contribution in [0.15, 0.2) is 48.5 Å². The van der Waals surface area contributed by atoms with Crippen molar-refractivity contribution in [2.24, 2.45) is 0 Å². The van der Waals surface area contributed by atoms with Gasteiger partial charge >= 0.3 is 12.4 Å². The van der Waals surface area contributed by atoms with Crippen molar-refractivity contribution in [3.05, 3.63) is 59.7 Å². The Morgan fingerprint density at radius 1 is 0.536 bits per heavy atom. The number of hydrogen-bond donors (Lipinski definition) is 0. The minimum Gasteiger partial charge on any atom is -0.223 e. The molecule has 2 heterocycles. The lowest BCUT2D eigenvalue weighted by Gasteiger charge is -2.06. The molecule has 0 amide bonds. The molecule has 10 heteroatoms. The molecule has 0 unspecified atom stereocenters. The molecule has 0 N–H and O–H groups in total. The summed E-state index contributed by atoms with van der Waals surface area (Å²) in [6.07, 6.45) is -8.81. The van der Waals surface area contributed by atoms with E-state index < -0.39 is 23.5 Å². The Morgan fingerprint density at radius 2 is 0.857 bits per heavy atom. The molecule has 4 rings (SSSR count). The van der Waals surface area contributed by atoms with E-state index in [0.717, 1.165) is 24.3 Å². The van der Waals surface area contributed by atoms with Crippen molar-refractivity contribution in [2.75, 3.05) is 0 Å².